The Hall–Kier alpha value is -1.65. The summed E-state index contributed by atoms with van der Waals surface area (Å²) in [6.45, 7) is 6.58. The summed E-state index contributed by atoms with van der Waals surface area (Å²) in [4.78, 5) is 19.4. The van der Waals surface area contributed by atoms with Gasteiger partial charge in [0, 0.05) is 6.04 Å². The molecule has 0 amide bonds. The van der Waals surface area contributed by atoms with E-state index in [4.69, 9.17) is 0 Å². The number of nitrogens with one attached hydrogen (secondary N) is 1. The summed E-state index contributed by atoms with van der Waals surface area (Å²) in [5, 5.41) is 3.27. The third-order valence-corrected chi connectivity index (χ3v) is 2.86. The van der Waals surface area contributed by atoms with Gasteiger partial charge in [0.25, 0.3) is 0 Å². The predicted octanol–water partition coefficient (Wildman–Crippen LogP) is 2.89. The van der Waals surface area contributed by atoms with Gasteiger partial charge in [-0.3, -0.25) is 0 Å². The minimum absolute atomic E-state index is 0.223. The van der Waals surface area contributed by atoms with E-state index in [0.29, 0.717) is 11.9 Å². The number of carbonyl (C=O) groups excluding carboxylic acids is 1. The molecule has 1 atom stereocenters. The molecular weight excluding hydrogens is 242 g/mol. The molecule has 1 unspecified atom stereocenters. The van der Waals surface area contributed by atoms with Crippen LogP contribution in [0.25, 0.3) is 0 Å². The van der Waals surface area contributed by atoms with Gasteiger partial charge in [0.2, 0.25) is 0 Å². The fourth-order valence-electron chi connectivity index (χ4n) is 1.77. The van der Waals surface area contributed by atoms with Crippen molar-refractivity contribution in [3.63, 3.8) is 0 Å². The highest BCUT2D eigenvalue weighted by Crippen LogP contribution is 2.11. The first-order chi connectivity index (χ1) is 9.02. The average molecular weight is 265 g/mol. The fourth-order valence-corrected chi connectivity index (χ4v) is 1.77. The van der Waals surface area contributed by atoms with Crippen LogP contribution in [-0.4, -0.2) is 29.1 Å². The van der Waals surface area contributed by atoms with Crippen molar-refractivity contribution < 1.29 is 9.53 Å². The second kappa shape index (κ2) is 7.71. The Morgan fingerprint density at radius 2 is 2.00 bits per heavy atom. The molecule has 0 saturated carbocycles. The Kier molecular flexibility index (Phi) is 6.25. The van der Waals surface area contributed by atoms with Crippen molar-refractivity contribution in [1.29, 1.82) is 0 Å². The molecule has 0 spiro atoms. The number of hydrogen-bond donors (Lipinski definition) is 1. The fraction of sp³-hybridized carbons (Fsp3) is 0.643. The van der Waals surface area contributed by atoms with Crippen LogP contribution in [0.3, 0.4) is 0 Å². The van der Waals surface area contributed by atoms with Crippen molar-refractivity contribution in [2.45, 2.75) is 46.1 Å². The number of esters is 1. The molecule has 1 rings (SSSR count). The van der Waals surface area contributed by atoms with Crippen LogP contribution >= 0.6 is 0 Å². The Morgan fingerprint density at radius 3 is 2.53 bits per heavy atom. The zero-order valence-corrected chi connectivity index (χ0v) is 12.1. The number of hydrogen-bond acceptors (Lipinski definition) is 5. The molecule has 106 valence electrons. The van der Waals surface area contributed by atoms with Gasteiger partial charge >= 0.3 is 5.97 Å². The molecule has 0 bridgehead atoms. The smallest absolute Gasteiger partial charge is 0.358 e. The number of carbonyl (C=O) groups is 1. The van der Waals surface area contributed by atoms with E-state index in [9.17, 15) is 4.79 Å². The predicted molar refractivity (Wildman–Crippen MR) is 75.1 cm³/mol. The largest absolute Gasteiger partial charge is 0.464 e. The zero-order chi connectivity index (χ0) is 14.3. The molecule has 1 aromatic heterocycles. The van der Waals surface area contributed by atoms with Crippen LogP contribution in [0.5, 0.6) is 0 Å². The van der Waals surface area contributed by atoms with Gasteiger partial charge < -0.3 is 10.1 Å². The van der Waals surface area contributed by atoms with Gasteiger partial charge in [0.15, 0.2) is 5.69 Å². The van der Waals surface area contributed by atoms with Crippen molar-refractivity contribution in [3.8, 4) is 0 Å². The lowest BCUT2D eigenvalue weighted by Gasteiger charge is -2.14. The molecular formula is C14H23N3O2. The Balaban J connectivity index is 2.42. The van der Waals surface area contributed by atoms with Gasteiger partial charge in [0.1, 0.15) is 5.82 Å². The molecule has 0 saturated heterocycles. The molecule has 0 aliphatic rings. The minimum Gasteiger partial charge on any atom is -0.464 e. The van der Waals surface area contributed by atoms with Gasteiger partial charge in [-0.1, -0.05) is 26.7 Å². The summed E-state index contributed by atoms with van der Waals surface area (Å²) in [6.07, 6.45) is 6.51. The molecule has 0 aliphatic heterocycles. The normalized spacial score (nSPS) is 12.3. The number of rotatable bonds is 7. The zero-order valence-electron chi connectivity index (χ0n) is 12.1. The van der Waals surface area contributed by atoms with E-state index in [2.05, 4.69) is 40.8 Å². The minimum atomic E-state index is -0.468. The lowest BCUT2D eigenvalue weighted by molar-refractivity contribution is 0.0593. The van der Waals surface area contributed by atoms with Crippen molar-refractivity contribution in [1.82, 2.24) is 9.97 Å². The molecule has 19 heavy (non-hydrogen) atoms. The summed E-state index contributed by atoms with van der Waals surface area (Å²) >= 11 is 0. The third-order valence-electron chi connectivity index (χ3n) is 2.86. The van der Waals surface area contributed by atoms with E-state index >= 15 is 0 Å². The van der Waals surface area contributed by atoms with E-state index in [1.54, 1.807) is 6.20 Å². The highest BCUT2D eigenvalue weighted by atomic mass is 16.5. The van der Waals surface area contributed by atoms with Gasteiger partial charge in [-0.05, 0) is 19.3 Å². The Bertz CT molecular complexity index is 390. The molecule has 0 aromatic carbocycles. The van der Waals surface area contributed by atoms with Crippen LogP contribution in [0.2, 0.25) is 0 Å². The summed E-state index contributed by atoms with van der Waals surface area (Å²) in [5.41, 5.74) is 0.223. The second-order valence-corrected chi connectivity index (χ2v) is 5.15. The highest BCUT2D eigenvalue weighted by molar-refractivity contribution is 5.86. The maximum absolute atomic E-state index is 11.2. The lowest BCUT2D eigenvalue weighted by atomic mass is 10.0. The molecule has 0 aliphatic carbocycles. The lowest BCUT2D eigenvalue weighted by Crippen LogP contribution is -2.17. The highest BCUT2D eigenvalue weighted by Gasteiger charge is 2.08. The number of nitrogens with zero attached hydrogens (tertiary/aromatic N) is 2. The van der Waals surface area contributed by atoms with Gasteiger partial charge in [-0.25, -0.2) is 14.8 Å². The molecule has 0 radical (unpaired) electrons. The van der Waals surface area contributed by atoms with Crippen LogP contribution in [-0.2, 0) is 4.74 Å². The van der Waals surface area contributed by atoms with Crippen molar-refractivity contribution in [2.24, 2.45) is 5.92 Å². The number of anilines is 1. The van der Waals surface area contributed by atoms with Crippen molar-refractivity contribution >= 4 is 11.8 Å². The first-order valence-electron chi connectivity index (χ1n) is 6.69. The first-order valence-corrected chi connectivity index (χ1v) is 6.69. The quantitative estimate of drug-likeness (QED) is 0.768. The van der Waals surface area contributed by atoms with E-state index in [-0.39, 0.29) is 5.69 Å². The van der Waals surface area contributed by atoms with E-state index in [1.807, 2.05) is 0 Å². The van der Waals surface area contributed by atoms with E-state index in [1.165, 1.54) is 26.1 Å². The average Bonchev–Trinajstić information content (AvgIpc) is 2.38. The molecule has 5 heteroatoms. The monoisotopic (exact) mass is 265 g/mol. The van der Waals surface area contributed by atoms with Crippen molar-refractivity contribution in [2.75, 3.05) is 12.4 Å². The molecule has 1 aromatic rings. The van der Waals surface area contributed by atoms with E-state index in [0.717, 1.165) is 12.3 Å². The van der Waals surface area contributed by atoms with Crippen LogP contribution in [0.15, 0.2) is 12.4 Å². The van der Waals surface area contributed by atoms with Crippen LogP contribution in [0, 0.1) is 5.92 Å². The number of aromatic nitrogens is 2. The van der Waals surface area contributed by atoms with Crippen molar-refractivity contribution in [3.05, 3.63) is 18.1 Å². The number of methoxy groups -OCH3 is 1. The summed E-state index contributed by atoms with van der Waals surface area (Å²) < 4.78 is 4.57. The van der Waals surface area contributed by atoms with E-state index < -0.39 is 5.97 Å². The Labute approximate surface area is 114 Å². The van der Waals surface area contributed by atoms with Crippen LogP contribution in [0.1, 0.15) is 50.5 Å². The molecule has 1 heterocycles. The first kappa shape index (κ1) is 15.4. The maximum Gasteiger partial charge on any atom is 0.358 e. The summed E-state index contributed by atoms with van der Waals surface area (Å²) in [5.74, 6) is 0.958. The molecule has 1 N–H and O–H groups in total. The summed E-state index contributed by atoms with van der Waals surface area (Å²) in [6, 6.07) is 0.344. The van der Waals surface area contributed by atoms with Crippen LogP contribution < -0.4 is 5.32 Å². The van der Waals surface area contributed by atoms with Gasteiger partial charge in [-0.2, -0.15) is 0 Å². The number of ether oxygens (including phenoxy) is 1. The van der Waals surface area contributed by atoms with Gasteiger partial charge in [0.05, 0.1) is 19.5 Å². The third kappa shape index (κ3) is 5.68. The maximum atomic E-state index is 11.2. The SMILES string of the molecule is COC(=O)c1cnc(NC(C)CCCC(C)C)cn1. The summed E-state index contributed by atoms with van der Waals surface area (Å²) in [7, 11) is 1.33. The molecule has 5 nitrogen and oxygen atoms in total. The topological polar surface area (TPSA) is 64.1 Å². The molecule has 0 fully saturated rings. The standard InChI is InChI=1S/C14H23N3O2/c1-10(2)6-5-7-11(3)17-13-9-15-12(8-16-13)14(18)19-4/h8-11H,5-7H2,1-4H3,(H,16,17). The second-order valence-electron chi connectivity index (χ2n) is 5.15. The Morgan fingerprint density at radius 1 is 1.26 bits per heavy atom. The van der Waals surface area contributed by atoms with Gasteiger partial charge in [-0.15, -0.1) is 0 Å². The van der Waals surface area contributed by atoms with Crippen LogP contribution in [0.4, 0.5) is 5.82 Å².